The average molecular weight is 417 g/mol. The molecule has 0 unspecified atom stereocenters. The van der Waals surface area contributed by atoms with Crippen LogP contribution >= 0.6 is 7.37 Å². The number of carbonyl (C=O) groups is 2. The predicted octanol–water partition coefficient (Wildman–Crippen LogP) is 4.68. The van der Waals surface area contributed by atoms with E-state index in [-0.39, 0.29) is 6.61 Å². The Kier molecular flexibility index (Phi) is 7.26. The smallest absolute Gasteiger partial charge is 0.410 e. The number of aldehydes is 1. The molecule has 156 valence electrons. The van der Waals surface area contributed by atoms with Crippen molar-refractivity contribution in [1.29, 1.82) is 0 Å². The molecule has 2 aromatic carbocycles. The topological polar surface area (TPSA) is 72.9 Å². The quantitative estimate of drug-likeness (QED) is 0.461. The van der Waals surface area contributed by atoms with Gasteiger partial charge in [0, 0.05) is 26.8 Å². The van der Waals surface area contributed by atoms with E-state index in [1.54, 1.807) is 33.4 Å². The van der Waals surface area contributed by atoms with Crippen LogP contribution in [0.15, 0.2) is 48.5 Å². The van der Waals surface area contributed by atoms with Crippen molar-refractivity contribution in [3.8, 4) is 5.75 Å². The first kappa shape index (κ1) is 22.7. The third kappa shape index (κ3) is 6.47. The zero-order chi connectivity index (χ0) is 21.7. The van der Waals surface area contributed by atoms with Gasteiger partial charge in [-0.05, 0) is 36.6 Å². The number of likely N-dealkylation sites (N-methyl/N-ethyl adjacent to an activating group) is 1. The molecule has 0 aliphatic rings. The molecule has 0 aliphatic carbocycles. The van der Waals surface area contributed by atoms with Gasteiger partial charge in [0.05, 0.1) is 0 Å². The minimum Gasteiger partial charge on any atom is -0.445 e. The van der Waals surface area contributed by atoms with E-state index in [2.05, 4.69) is 0 Å². The van der Waals surface area contributed by atoms with Gasteiger partial charge in [0.2, 0.25) is 7.37 Å². The lowest BCUT2D eigenvalue weighted by Gasteiger charge is -2.33. The van der Waals surface area contributed by atoms with Crippen LogP contribution in [0.3, 0.4) is 0 Å². The molecule has 0 saturated heterocycles. The van der Waals surface area contributed by atoms with Crippen LogP contribution in [0, 0.1) is 6.92 Å². The first-order valence-electron chi connectivity index (χ1n) is 9.29. The summed E-state index contributed by atoms with van der Waals surface area (Å²) in [5.41, 5.74) is 1.47. The maximum atomic E-state index is 12.5. The molecule has 7 heteroatoms. The molecule has 0 fully saturated rings. The highest BCUT2D eigenvalue weighted by molar-refractivity contribution is 7.57. The van der Waals surface area contributed by atoms with Crippen molar-refractivity contribution in [2.75, 3.05) is 20.4 Å². The van der Waals surface area contributed by atoms with Crippen molar-refractivity contribution in [3.05, 3.63) is 65.2 Å². The predicted molar refractivity (Wildman–Crippen MR) is 114 cm³/mol. The van der Waals surface area contributed by atoms with Gasteiger partial charge >= 0.3 is 6.09 Å². The maximum Gasteiger partial charge on any atom is 0.410 e. The van der Waals surface area contributed by atoms with Crippen LogP contribution in [0.1, 0.15) is 23.6 Å². The lowest BCUT2D eigenvalue weighted by Crippen LogP contribution is -2.50. The largest absolute Gasteiger partial charge is 0.445 e. The summed E-state index contributed by atoms with van der Waals surface area (Å²) in [4.78, 5) is 25.7. The highest BCUT2D eigenvalue weighted by atomic mass is 31.2. The Morgan fingerprint density at radius 2 is 1.79 bits per heavy atom. The molecule has 1 amide bonds. The van der Waals surface area contributed by atoms with Crippen LogP contribution in [0.4, 0.5) is 4.79 Å². The second-order valence-corrected chi connectivity index (χ2v) is 10.4. The summed E-state index contributed by atoms with van der Waals surface area (Å²) in [6, 6.07) is 14.8. The summed E-state index contributed by atoms with van der Waals surface area (Å²) < 4.78 is 22.8. The zero-order valence-corrected chi connectivity index (χ0v) is 18.4. The van der Waals surface area contributed by atoms with Crippen LogP contribution in [-0.4, -0.2) is 43.2 Å². The molecular weight excluding hydrogens is 389 g/mol. The van der Waals surface area contributed by atoms with Crippen molar-refractivity contribution in [2.45, 2.75) is 32.4 Å². The van der Waals surface area contributed by atoms with E-state index in [9.17, 15) is 14.2 Å². The third-order valence-corrected chi connectivity index (χ3v) is 5.26. The van der Waals surface area contributed by atoms with Gasteiger partial charge in [-0.3, -0.25) is 9.46 Å². The zero-order valence-electron chi connectivity index (χ0n) is 17.5. The van der Waals surface area contributed by atoms with E-state index >= 15 is 0 Å². The second kappa shape index (κ2) is 9.27. The molecule has 0 radical (unpaired) electrons. The van der Waals surface area contributed by atoms with Gasteiger partial charge in [-0.15, -0.1) is 0 Å². The fourth-order valence-electron chi connectivity index (χ4n) is 2.84. The molecule has 0 bridgehead atoms. The van der Waals surface area contributed by atoms with Crippen LogP contribution in [0.5, 0.6) is 5.75 Å². The van der Waals surface area contributed by atoms with E-state index < -0.39 is 19.0 Å². The number of ether oxygens (including phenoxy) is 1. The van der Waals surface area contributed by atoms with Crippen molar-refractivity contribution in [1.82, 2.24) is 4.90 Å². The molecule has 0 saturated carbocycles. The van der Waals surface area contributed by atoms with Gasteiger partial charge in [0.1, 0.15) is 24.2 Å². The molecule has 1 atom stereocenters. The Hall–Kier alpha value is -2.59. The van der Waals surface area contributed by atoms with E-state index in [1.807, 2.05) is 49.4 Å². The molecule has 2 rings (SSSR count). The molecule has 2 aromatic rings. The highest BCUT2D eigenvalue weighted by Crippen LogP contribution is 2.40. The van der Waals surface area contributed by atoms with E-state index in [0.29, 0.717) is 12.2 Å². The molecular formula is C22H28NO5P. The molecule has 0 aromatic heterocycles. The number of amides is 1. The van der Waals surface area contributed by atoms with Gasteiger partial charge < -0.3 is 14.1 Å². The highest BCUT2D eigenvalue weighted by Gasteiger charge is 2.34. The number of nitrogens with zero attached hydrogens (tertiary/aromatic N) is 1. The number of carbonyl (C=O) groups excluding carboxylic acids is 2. The molecule has 0 N–H and O–H groups in total. The van der Waals surface area contributed by atoms with E-state index in [1.165, 1.54) is 4.90 Å². The molecule has 0 spiro atoms. The van der Waals surface area contributed by atoms with E-state index in [4.69, 9.17) is 9.26 Å². The van der Waals surface area contributed by atoms with Crippen LogP contribution < -0.4 is 4.52 Å². The lowest BCUT2D eigenvalue weighted by atomic mass is 9.92. The van der Waals surface area contributed by atoms with Crippen LogP contribution in [0.25, 0.3) is 0 Å². The van der Waals surface area contributed by atoms with Crippen molar-refractivity contribution >= 4 is 19.7 Å². The van der Waals surface area contributed by atoms with Crippen molar-refractivity contribution in [3.63, 3.8) is 0 Å². The van der Waals surface area contributed by atoms with Gasteiger partial charge in [0.15, 0.2) is 0 Å². The Bertz CT molecular complexity index is 909. The number of rotatable bonds is 8. The summed E-state index contributed by atoms with van der Waals surface area (Å²) in [6.07, 6.45) is 0.492. The second-order valence-electron chi connectivity index (χ2n) is 7.69. The van der Waals surface area contributed by atoms with Crippen LogP contribution in [-0.2, 0) is 27.1 Å². The van der Waals surface area contributed by atoms with Crippen molar-refractivity contribution in [2.24, 2.45) is 0 Å². The third-order valence-electron chi connectivity index (χ3n) is 4.62. The number of benzene rings is 2. The van der Waals surface area contributed by atoms with E-state index in [0.717, 1.165) is 23.0 Å². The number of hydrogen-bond acceptors (Lipinski definition) is 5. The number of aryl methyl sites for hydroxylation is 1. The standard InChI is InChI=1S/C22H28NO5P/c1-17-13-19(11-12-20(17)28-29(4,5)26)14-22(2,16-24)23(3)21(25)27-15-18-9-7-6-8-10-18/h6-13,16H,14-15H2,1-5H3/t22-/m0/s1. The number of hydrogen-bond donors (Lipinski definition) is 0. The van der Waals surface area contributed by atoms with Gasteiger partial charge in [-0.2, -0.15) is 0 Å². The summed E-state index contributed by atoms with van der Waals surface area (Å²) in [6.45, 7) is 6.79. The summed E-state index contributed by atoms with van der Waals surface area (Å²) in [5, 5.41) is 0. The normalized spacial score (nSPS) is 13.3. The SMILES string of the molecule is Cc1cc(C[C@@](C)(C=O)N(C)C(=O)OCc2ccccc2)ccc1OP(C)(C)=O. The molecule has 0 aliphatic heterocycles. The molecule has 6 nitrogen and oxygen atoms in total. The average Bonchev–Trinajstić information content (AvgIpc) is 2.67. The summed E-state index contributed by atoms with van der Waals surface area (Å²) >= 11 is 0. The monoisotopic (exact) mass is 417 g/mol. The fourth-order valence-corrected chi connectivity index (χ4v) is 3.52. The Morgan fingerprint density at radius 3 is 2.34 bits per heavy atom. The Labute approximate surface area is 172 Å². The van der Waals surface area contributed by atoms with Crippen LogP contribution in [0.2, 0.25) is 0 Å². The summed E-state index contributed by atoms with van der Waals surface area (Å²) in [7, 11) is -1.11. The minimum atomic E-state index is -2.66. The fraction of sp³-hybridized carbons (Fsp3) is 0.364. The lowest BCUT2D eigenvalue weighted by molar-refractivity contribution is -0.116. The first-order chi connectivity index (χ1) is 13.5. The maximum absolute atomic E-state index is 12.5. The molecule has 0 heterocycles. The van der Waals surface area contributed by atoms with Gasteiger partial charge in [-0.25, -0.2) is 4.79 Å². The molecule has 29 heavy (non-hydrogen) atoms. The van der Waals surface area contributed by atoms with Gasteiger partial charge in [-0.1, -0.05) is 42.5 Å². The Balaban J connectivity index is 2.09. The van der Waals surface area contributed by atoms with Crippen molar-refractivity contribution < 1.29 is 23.4 Å². The summed E-state index contributed by atoms with van der Waals surface area (Å²) in [5.74, 6) is 0.547. The Morgan fingerprint density at radius 1 is 1.14 bits per heavy atom. The first-order valence-corrected chi connectivity index (χ1v) is 11.8. The minimum absolute atomic E-state index is 0.137. The van der Waals surface area contributed by atoms with Gasteiger partial charge in [0.25, 0.3) is 0 Å².